The van der Waals surface area contributed by atoms with Crippen LogP contribution in [0.4, 0.5) is 5.82 Å². The molecule has 2 saturated heterocycles. The molecule has 2 aliphatic rings. The van der Waals surface area contributed by atoms with Crippen LogP contribution in [0.15, 0.2) is 23.0 Å². The fraction of sp³-hybridized carbons (Fsp3) is 0.560. The van der Waals surface area contributed by atoms with Crippen LogP contribution in [-0.2, 0) is 13.1 Å². The van der Waals surface area contributed by atoms with E-state index < -0.39 is 0 Å². The largest absolute Gasteiger partial charge is 0.496 e. The van der Waals surface area contributed by atoms with Crippen molar-refractivity contribution < 1.29 is 9.47 Å². The number of fused-ring (bicyclic) bond motifs is 1. The Bertz CT molecular complexity index is 1240. The molecule has 0 bridgehead atoms. The lowest BCUT2D eigenvalue weighted by Crippen LogP contribution is -2.45. The molecule has 1 spiro atoms. The van der Waals surface area contributed by atoms with Crippen LogP contribution in [0.3, 0.4) is 0 Å². The Morgan fingerprint density at radius 3 is 2.60 bits per heavy atom. The quantitative estimate of drug-likeness (QED) is 0.469. The SMILES string of the molecule is CCOc1nc(N)c2[nH]c(=O)n(Cc3ccc(CN4CCC5(CCNCC5)CC4)cc3OC)c2n1. The molecule has 0 radical (unpaired) electrons. The highest BCUT2D eigenvalue weighted by Crippen LogP contribution is 2.39. The van der Waals surface area contributed by atoms with E-state index in [2.05, 4.69) is 37.3 Å². The predicted molar refractivity (Wildman–Crippen MR) is 135 cm³/mol. The van der Waals surface area contributed by atoms with E-state index in [1.54, 1.807) is 7.11 Å². The zero-order valence-corrected chi connectivity index (χ0v) is 20.6. The van der Waals surface area contributed by atoms with E-state index in [9.17, 15) is 4.79 Å². The minimum atomic E-state index is -0.305. The standard InChI is InChI=1S/C25H35N7O3/c1-3-35-23-29-21(26)20-22(30-23)32(24(33)28-20)16-18-5-4-17(14-19(18)34-2)15-31-12-8-25(9-13-31)6-10-27-11-7-25/h4-5,14,27H,3,6-13,15-16H2,1-2H3,(H,28,33)(H2,26,29,30). The molecule has 1 aromatic carbocycles. The minimum absolute atomic E-state index is 0.153. The normalized spacial score (nSPS) is 18.2. The highest BCUT2D eigenvalue weighted by molar-refractivity contribution is 5.82. The topological polar surface area (TPSA) is 123 Å². The maximum atomic E-state index is 12.7. The van der Waals surface area contributed by atoms with Crippen LogP contribution in [0.2, 0.25) is 0 Å². The summed E-state index contributed by atoms with van der Waals surface area (Å²) in [4.78, 5) is 26.5. The van der Waals surface area contributed by atoms with Crippen molar-refractivity contribution in [1.82, 2.24) is 29.7 Å². The molecule has 0 aliphatic carbocycles. The van der Waals surface area contributed by atoms with E-state index >= 15 is 0 Å². The zero-order valence-electron chi connectivity index (χ0n) is 20.6. The number of hydrogen-bond acceptors (Lipinski definition) is 8. The summed E-state index contributed by atoms with van der Waals surface area (Å²) in [7, 11) is 1.66. The molecule has 2 fully saturated rings. The number of nitrogens with zero attached hydrogens (tertiary/aromatic N) is 4. The van der Waals surface area contributed by atoms with Crippen LogP contribution in [0.5, 0.6) is 11.8 Å². The van der Waals surface area contributed by atoms with Crippen molar-refractivity contribution in [2.45, 2.75) is 45.7 Å². The average molecular weight is 482 g/mol. The number of likely N-dealkylation sites (tertiary alicyclic amines) is 1. The van der Waals surface area contributed by atoms with Gasteiger partial charge in [-0.05, 0) is 75.8 Å². The number of anilines is 1. The lowest BCUT2D eigenvalue weighted by Gasteiger charge is -2.44. The molecule has 4 N–H and O–H groups in total. The second kappa shape index (κ2) is 9.87. The molecule has 4 heterocycles. The van der Waals surface area contributed by atoms with Gasteiger partial charge in [-0.25, -0.2) is 4.79 Å². The Morgan fingerprint density at radius 2 is 1.89 bits per heavy atom. The number of aromatic amines is 1. The summed E-state index contributed by atoms with van der Waals surface area (Å²) in [6, 6.07) is 6.40. The van der Waals surface area contributed by atoms with Crippen LogP contribution >= 0.6 is 0 Å². The number of nitrogen functional groups attached to an aromatic ring is 1. The molecule has 0 unspecified atom stereocenters. The maximum absolute atomic E-state index is 12.7. The molecule has 0 amide bonds. The van der Waals surface area contributed by atoms with E-state index in [1.165, 1.54) is 35.8 Å². The Balaban J connectivity index is 1.33. The molecule has 0 saturated carbocycles. The summed E-state index contributed by atoms with van der Waals surface area (Å²) >= 11 is 0. The minimum Gasteiger partial charge on any atom is -0.496 e. The molecule has 0 atom stereocenters. The van der Waals surface area contributed by atoms with Gasteiger partial charge in [-0.3, -0.25) is 9.47 Å². The van der Waals surface area contributed by atoms with Crippen molar-refractivity contribution in [2.75, 3.05) is 45.6 Å². The number of nitrogens with two attached hydrogens (primary N) is 1. The number of benzene rings is 1. The summed E-state index contributed by atoms with van der Waals surface area (Å²) < 4.78 is 12.7. The first kappa shape index (κ1) is 23.6. The number of H-pyrrole nitrogens is 1. The monoisotopic (exact) mass is 481 g/mol. The van der Waals surface area contributed by atoms with Crippen LogP contribution in [-0.4, -0.2) is 64.3 Å². The van der Waals surface area contributed by atoms with Gasteiger partial charge in [-0.2, -0.15) is 9.97 Å². The number of hydrogen-bond donors (Lipinski definition) is 3. The zero-order chi connectivity index (χ0) is 24.4. The summed E-state index contributed by atoms with van der Waals surface area (Å²) in [6.07, 6.45) is 5.17. The fourth-order valence-corrected chi connectivity index (χ4v) is 5.46. The van der Waals surface area contributed by atoms with Gasteiger partial charge in [0.15, 0.2) is 11.5 Å². The Labute approximate surface area is 204 Å². The van der Waals surface area contributed by atoms with E-state index in [-0.39, 0.29) is 17.5 Å². The number of nitrogens with one attached hydrogen (secondary N) is 2. The summed E-state index contributed by atoms with van der Waals surface area (Å²) in [6.45, 7) is 8.04. The van der Waals surface area contributed by atoms with Crippen molar-refractivity contribution in [1.29, 1.82) is 0 Å². The Hall–Kier alpha value is -3.11. The number of piperidine rings is 2. The van der Waals surface area contributed by atoms with Gasteiger partial charge in [0.25, 0.3) is 0 Å². The molecule has 2 aliphatic heterocycles. The predicted octanol–water partition coefficient (Wildman–Crippen LogP) is 2.12. The van der Waals surface area contributed by atoms with Crippen molar-refractivity contribution in [3.8, 4) is 11.8 Å². The van der Waals surface area contributed by atoms with E-state index in [0.717, 1.165) is 44.0 Å². The second-order valence-corrected chi connectivity index (χ2v) is 9.71. The molecule has 2 aromatic heterocycles. The molecule has 188 valence electrons. The summed E-state index contributed by atoms with van der Waals surface area (Å²) in [5.41, 5.74) is 9.19. The molecule has 10 heteroatoms. The highest BCUT2D eigenvalue weighted by Gasteiger charge is 2.35. The summed E-state index contributed by atoms with van der Waals surface area (Å²) in [5, 5.41) is 3.49. The fourth-order valence-electron chi connectivity index (χ4n) is 5.46. The van der Waals surface area contributed by atoms with Crippen molar-refractivity contribution >= 4 is 17.0 Å². The van der Waals surface area contributed by atoms with E-state index in [0.29, 0.717) is 29.7 Å². The second-order valence-electron chi connectivity index (χ2n) is 9.71. The third kappa shape index (κ3) is 4.85. The van der Waals surface area contributed by atoms with Crippen LogP contribution in [0, 0.1) is 5.41 Å². The first-order chi connectivity index (χ1) is 17.0. The van der Waals surface area contributed by atoms with Gasteiger partial charge >= 0.3 is 11.7 Å². The highest BCUT2D eigenvalue weighted by atomic mass is 16.5. The Morgan fingerprint density at radius 1 is 1.11 bits per heavy atom. The van der Waals surface area contributed by atoms with Crippen LogP contribution in [0.25, 0.3) is 11.2 Å². The number of imidazole rings is 1. The molecule has 3 aromatic rings. The van der Waals surface area contributed by atoms with Gasteiger partial charge < -0.3 is 25.5 Å². The molecule has 35 heavy (non-hydrogen) atoms. The van der Waals surface area contributed by atoms with Gasteiger partial charge in [-0.1, -0.05) is 12.1 Å². The van der Waals surface area contributed by atoms with E-state index in [1.807, 2.05) is 13.0 Å². The van der Waals surface area contributed by atoms with Crippen molar-refractivity contribution in [3.63, 3.8) is 0 Å². The smallest absolute Gasteiger partial charge is 0.328 e. The molecular formula is C25H35N7O3. The first-order valence-electron chi connectivity index (χ1n) is 12.5. The van der Waals surface area contributed by atoms with E-state index in [4.69, 9.17) is 15.2 Å². The van der Waals surface area contributed by atoms with Gasteiger partial charge in [0.1, 0.15) is 11.3 Å². The molecule has 10 nitrogen and oxygen atoms in total. The molecular weight excluding hydrogens is 446 g/mol. The summed E-state index contributed by atoms with van der Waals surface area (Å²) in [5.74, 6) is 0.937. The first-order valence-corrected chi connectivity index (χ1v) is 12.5. The average Bonchev–Trinajstić information content (AvgIpc) is 3.18. The maximum Gasteiger partial charge on any atom is 0.328 e. The van der Waals surface area contributed by atoms with Crippen LogP contribution in [0.1, 0.15) is 43.7 Å². The van der Waals surface area contributed by atoms with Gasteiger partial charge in [0.05, 0.1) is 20.3 Å². The Kier molecular flexibility index (Phi) is 6.66. The third-order valence-electron chi connectivity index (χ3n) is 7.57. The van der Waals surface area contributed by atoms with Crippen molar-refractivity contribution in [3.05, 3.63) is 39.8 Å². The van der Waals surface area contributed by atoms with Gasteiger partial charge in [0.2, 0.25) is 0 Å². The lowest BCUT2D eigenvalue weighted by atomic mass is 9.71. The van der Waals surface area contributed by atoms with Crippen LogP contribution < -0.4 is 26.2 Å². The van der Waals surface area contributed by atoms with Gasteiger partial charge in [-0.15, -0.1) is 0 Å². The third-order valence-corrected chi connectivity index (χ3v) is 7.57. The molecule has 5 rings (SSSR count). The number of methoxy groups -OCH3 is 1. The van der Waals surface area contributed by atoms with Crippen molar-refractivity contribution in [2.24, 2.45) is 5.41 Å². The number of rotatable bonds is 7. The number of ether oxygens (including phenoxy) is 2. The van der Waals surface area contributed by atoms with Gasteiger partial charge in [0, 0.05) is 12.1 Å². The lowest BCUT2D eigenvalue weighted by molar-refractivity contribution is 0.0701. The number of aromatic nitrogens is 4.